The lowest BCUT2D eigenvalue weighted by Gasteiger charge is -2.03. The normalized spacial score (nSPS) is 11.0. The molecule has 0 aliphatic heterocycles. The van der Waals surface area contributed by atoms with Crippen molar-refractivity contribution in [2.45, 2.75) is 6.92 Å². The number of phenols is 1. The van der Waals surface area contributed by atoms with Gasteiger partial charge in [0.1, 0.15) is 17.1 Å². The second-order valence-electron chi connectivity index (χ2n) is 4.17. The van der Waals surface area contributed by atoms with Crippen LogP contribution in [-0.4, -0.2) is 15.1 Å². The first kappa shape index (κ1) is 11.1. The number of nitrogens with one attached hydrogen (secondary N) is 1. The fourth-order valence-corrected chi connectivity index (χ4v) is 2.22. The van der Waals surface area contributed by atoms with Crippen LogP contribution in [0.3, 0.4) is 0 Å². The van der Waals surface area contributed by atoms with Crippen LogP contribution in [0.2, 0.25) is 5.02 Å². The fraction of sp³-hybridized carbons (Fsp3) is 0.0714. The standard InChI is InChI=1S/C14H11ClN2O/c1-8-9(4-2-7-12(8)18)14-16-11-6-3-5-10(15)13(11)17-14/h2-7,18H,1H3,(H,16,17). The summed E-state index contributed by atoms with van der Waals surface area (Å²) in [7, 11) is 0. The van der Waals surface area contributed by atoms with Gasteiger partial charge in [-0.05, 0) is 25.1 Å². The molecule has 0 aliphatic carbocycles. The first-order valence-electron chi connectivity index (χ1n) is 5.60. The zero-order valence-electron chi connectivity index (χ0n) is 9.74. The van der Waals surface area contributed by atoms with Crippen LogP contribution in [-0.2, 0) is 0 Å². The molecule has 1 heterocycles. The van der Waals surface area contributed by atoms with E-state index in [1.165, 1.54) is 0 Å². The van der Waals surface area contributed by atoms with E-state index in [9.17, 15) is 5.11 Å². The summed E-state index contributed by atoms with van der Waals surface area (Å²) in [5, 5.41) is 10.3. The van der Waals surface area contributed by atoms with Gasteiger partial charge in [-0.15, -0.1) is 0 Å². The van der Waals surface area contributed by atoms with Gasteiger partial charge in [0.25, 0.3) is 0 Å². The topological polar surface area (TPSA) is 48.9 Å². The van der Waals surface area contributed by atoms with Gasteiger partial charge in [0.05, 0.1) is 10.5 Å². The molecular formula is C14H11ClN2O. The first-order chi connectivity index (χ1) is 8.66. The summed E-state index contributed by atoms with van der Waals surface area (Å²) < 4.78 is 0. The average molecular weight is 259 g/mol. The van der Waals surface area contributed by atoms with Crippen LogP contribution < -0.4 is 0 Å². The Morgan fingerprint density at radius 3 is 2.72 bits per heavy atom. The fourth-order valence-electron chi connectivity index (χ4n) is 2.00. The lowest BCUT2D eigenvalue weighted by Crippen LogP contribution is -1.85. The van der Waals surface area contributed by atoms with Crippen LogP contribution in [0.1, 0.15) is 5.56 Å². The molecule has 0 amide bonds. The Hall–Kier alpha value is -2.00. The Balaban J connectivity index is 2.26. The first-order valence-corrected chi connectivity index (χ1v) is 5.98. The number of nitrogens with zero attached hydrogens (tertiary/aromatic N) is 1. The van der Waals surface area contributed by atoms with Crippen molar-refractivity contribution < 1.29 is 5.11 Å². The average Bonchev–Trinajstić information content (AvgIpc) is 2.78. The third-order valence-corrected chi connectivity index (χ3v) is 3.33. The van der Waals surface area contributed by atoms with Gasteiger partial charge in [-0.1, -0.05) is 29.8 Å². The number of imidazole rings is 1. The molecule has 0 saturated heterocycles. The van der Waals surface area contributed by atoms with E-state index in [1.807, 2.05) is 31.2 Å². The Bertz CT molecular complexity index is 734. The highest BCUT2D eigenvalue weighted by Crippen LogP contribution is 2.30. The highest BCUT2D eigenvalue weighted by molar-refractivity contribution is 6.35. The minimum absolute atomic E-state index is 0.263. The van der Waals surface area contributed by atoms with Crippen molar-refractivity contribution in [2.24, 2.45) is 0 Å². The predicted molar refractivity (Wildman–Crippen MR) is 72.9 cm³/mol. The number of aromatic nitrogens is 2. The number of hydrogen-bond acceptors (Lipinski definition) is 2. The molecule has 4 heteroatoms. The van der Waals surface area contributed by atoms with Crippen molar-refractivity contribution in [1.82, 2.24) is 9.97 Å². The van der Waals surface area contributed by atoms with Gasteiger partial charge >= 0.3 is 0 Å². The van der Waals surface area contributed by atoms with Crippen molar-refractivity contribution in [3.63, 3.8) is 0 Å². The maximum Gasteiger partial charge on any atom is 0.138 e. The zero-order valence-corrected chi connectivity index (χ0v) is 10.5. The molecule has 0 spiro atoms. The Labute approximate surface area is 109 Å². The molecule has 0 saturated carbocycles. The summed E-state index contributed by atoms with van der Waals surface area (Å²) in [6.45, 7) is 1.86. The maximum absolute atomic E-state index is 9.72. The number of phenolic OH excluding ortho intramolecular Hbond substituents is 1. The van der Waals surface area contributed by atoms with Crippen LogP contribution in [0.4, 0.5) is 0 Å². The van der Waals surface area contributed by atoms with Gasteiger partial charge in [0.2, 0.25) is 0 Å². The number of rotatable bonds is 1. The number of para-hydroxylation sites is 1. The lowest BCUT2D eigenvalue weighted by molar-refractivity contribution is 0.471. The molecule has 0 fully saturated rings. The van der Waals surface area contributed by atoms with Gasteiger partial charge in [-0.25, -0.2) is 4.98 Å². The summed E-state index contributed by atoms with van der Waals surface area (Å²) in [6.07, 6.45) is 0. The van der Waals surface area contributed by atoms with Crippen LogP contribution in [0.25, 0.3) is 22.4 Å². The zero-order chi connectivity index (χ0) is 12.7. The summed E-state index contributed by atoms with van der Waals surface area (Å²) in [5.41, 5.74) is 3.31. The minimum Gasteiger partial charge on any atom is -0.508 e. The third kappa shape index (κ3) is 1.64. The van der Waals surface area contributed by atoms with E-state index >= 15 is 0 Å². The lowest BCUT2D eigenvalue weighted by atomic mass is 10.1. The highest BCUT2D eigenvalue weighted by atomic mass is 35.5. The van der Waals surface area contributed by atoms with Gasteiger partial charge in [-0.2, -0.15) is 0 Å². The van der Waals surface area contributed by atoms with Crippen molar-refractivity contribution in [3.8, 4) is 17.1 Å². The number of aromatic hydroxyl groups is 1. The molecule has 0 radical (unpaired) electrons. The van der Waals surface area contributed by atoms with E-state index in [2.05, 4.69) is 9.97 Å². The largest absolute Gasteiger partial charge is 0.508 e. The molecule has 18 heavy (non-hydrogen) atoms. The molecule has 0 bridgehead atoms. The van der Waals surface area contributed by atoms with Crippen molar-refractivity contribution >= 4 is 22.6 Å². The predicted octanol–water partition coefficient (Wildman–Crippen LogP) is 3.90. The quantitative estimate of drug-likeness (QED) is 0.695. The van der Waals surface area contributed by atoms with Crippen LogP contribution in [0, 0.1) is 6.92 Å². The minimum atomic E-state index is 0.263. The highest BCUT2D eigenvalue weighted by Gasteiger charge is 2.11. The number of benzene rings is 2. The Kier molecular flexibility index (Phi) is 2.49. The second-order valence-corrected chi connectivity index (χ2v) is 4.58. The van der Waals surface area contributed by atoms with Crippen LogP contribution in [0.15, 0.2) is 36.4 Å². The van der Waals surface area contributed by atoms with Crippen molar-refractivity contribution in [3.05, 3.63) is 47.0 Å². The molecule has 3 nitrogen and oxygen atoms in total. The van der Waals surface area contributed by atoms with E-state index in [1.54, 1.807) is 12.1 Å². The summed E-state index contributed by atoms with van der Waals surface area (Å²) in [4.78, 5) is 7.70. The SMILES string of the molecule is Cc1c(O)cccc1-c1nc2c(Cl)cccc2[nH]1. The molecular weight excluding hydrogens is 248 g/mol. The van der Waals surface area contributed by atoms with E-state index < -0.39 is 0 Å². The monoisotopic (exact) mass is 258 g/mol. The van der Waals surface area contributed by atoms with Gasteiger partial charge < -0.3 is 10.1 Å². The van der Waals surface area contributed by atoms with Gasteiger partial charge in [0, 0.05) is 11.1 Å². The van der Waals surface area contributed by atoms with Gasteiger partial charge in [0.15, 0.2) is 0 Å². The summed E-state index contributed by atoms with van der Waals surface area (Å²) >= 11 is 6.10. The van der Waals surface area contributed by atoms with Crippen molar-refractivity contribution in [1.29, 1.82) is 0 Å². The Morgan fingerprint density at radius 1 is 1.17 bits per heavy atom. The molecule has 0 atom stereocenters. The molecule has 0 unspecified atom stereocenters. The van der Waals surface area contributed by atoms with E-state index in [0.717, 1.165) is 22.2 Å². The number of H-pyrrole nitrogens is 1. The maximum atomic E-state index is 9.72. The Morgan fingerprint density at radius 2 is 1.94 bits per heavy atom. The number of fused-ring (bicyclic) bond motifs is 1. The molecule has 3 aromatic rings. The molecule has 0 aliphatic rings. The molecule has 1 aromatic heterocycles. The third-order valence-electron chi connectivity index (χ3n) is 3.02. The van der Waals surface area contributed by atoms with E-state index in [4.69, 9.17) is 11.6 Å². The van der Waals surface area contributed by atoms with Crippen LogP contribution in [0.5, 0.6) is 5.75 Å². The molecule has 3 rings (SSSR count). The molecule has 90 valence electrons. The molecule has 2 N–H and O–H groups in total. The second kappa shape index (κ2) is 4.03. The summed E-state index contributed by atoms with van der Waals surface area (Å²) in [6, 6.07) is 11.0. The van der Waals surface area contributed by atoms with E-state index in [-0.39, 0.29) is 5.75 Å². The van der Waals surface area contributed by atoms with Crippen molar-refractivity contribution in [2.75, 3.05) is 0 Å². The smallest absolute Gasteiger partial charge is 0.138 e. The van der Waals surface area contributed by atoms with E-state index in [0.29, 0.717) is 10.8 Å². The van der Waals surface area contributed by atoms with Gasteiger partial charge in [-0.3, -0.25) is 0 Å². The number of halogens is 1. The molecule has 2 aromatic carbocycles. The summed E-state index contributed by atoms with van der Waals surface area (Å²) in [5.74, 6) is 0.977. The number of hydrogen-bond donors (Lipinski definition) is 2. The van der Waals surface area contributed by atoms with Crippen LogP contribution >= 0.6 is 11.6 Å². The number of aromatic amines is 1.